The molecule has 0 radical (unpaired) electrons. The molecule has 0 bridgehead atoms. The van der Waals surface area contributed by atoms with Gasteiger partial charge in [-0.05, 0) is 51.0 Å². The molecule has 0 unspecified atom stereocenters. The van der Waals surface area contributed by atoms with Crippen LogP contribution in [0.5, 0.6) is 0 Å². The molecule has 0 saturated carbocycles. The van der Waals surface area contributed by atoms with Crippen LogP contribution in [0.15, 0.2) is 182 Å². The summed E-state index contributed by atoms with van der Waals surface area (Å²) in [4.78, 5) is 15.0. The molecule has 3 heteroatoms. The molecule has 0 spiro atoms. The number of pyridine rings is 3. The van der Waals surface area contributed by atoms with Gasteiger partial charge in [-0.3, -0.25) is 15.0 Å². The summed E-state index contributed by atoms with van der Waals surface area (Å²) in [6.45, 7) is 0. The van der Waals surface area contributed by atoms with Gasteiger partial charge in [-0.1, -0.05) is 146 Å². The highest BCUT2D eigenvalue weighted by Gasteiger charge is 2.27. The summed E-state index contributed by atoms with van der Waals surface area (Å²) >= 11 is 0. The SMILES string of the molecule is c1ccc(C(c2ccccc2-c2cc3ccccc3cn2)c2ccccc2-c2cc3ccccc3cn2)c(-c2cc3ccccc3cn2)c1. The Balaban J connectivity index is 1.31. The zero-order valence-electron chi connectivity index (χ0n) is 26.7. The Morgan fingerprint density at radius 3 is 0.878 bits per heavy atom. The summed E-state index contributed by atoms with van der Waals surface area (Å²) in [6, 6.07) is 58.0. The van der Waals surface area contributed by atoms with Crippen LogP contribution < -0.4 is 0 Å². The molecule has 0 amide bonds. The summed E-state index contributed by atoms with van der Waals surface area (Å²) in [7, 11) is 0. The van der Waals surface area contributed by atoms with E-state index in [9.17, 15) is 0 Å². The molecular formula is C46H31N3. The molecule has 49 heavy (non-hydrogen) atoms. The van der Waals surface area contributed by atoms with Crippen LogP contribution in [-0.4, -0.2) is 15.0 Å². The Labute approximate surface area is 285 Å². The maximum Gasteiger partial charge on any atom is 0.0711 e. The number of benzene rings is 6. The Kier molecular flexibility index (Phi) is 7.21. The second-order valence-corrected chi connectivity index (χ2v) is 12.4. The number of aromatic nitrogens is 3. The van der Waals surface area contributed by atoms with Gasteiger partial charge in [-0.15, -0.1) is 0 Å². The highest BCUT2D eigenvalue weighted by Crippen LogP contribution is 2.44. The van der Waals surface area contributed by atoms with Crippen LogP contribution in [0, 0.1) is 0 Å². The van der Waals surface area contributed by atoms with E-state index in [2.05, 4.69) is 164 Å². The second-order valence-electron chi connectivity index (χ2n) is 12.4. The van der Waals surface area contributed by atoms with Crippen molar-refractivity contribution in [2.45, 2.75) is 5.92 Å². The van der Waals surface area contributed by atoms with Crippen molar-refractivity contribution in [2.24, 2.45) is 0 Å². The van der Waals surface area contributed by atoms with Crippen molar-refractivity contribution in [1.29, 1.82) is 0 Å². The molecule has 9 rings (SSSR count). The van der Waals surface area contributed by atoms with E-state index in [0.29, 0.717) is 0 Å². The third-order valence-electron chi connectivity index (χ3n) is 9.54. The van der Waals surface area contributed by atoms with Crippen LogP contribution in [-0.2, 0) is 0 Å². The fourth-order valence-corrected chi connectivity index (χ4v) is 7.14. The molecule has 6 aromatic carbocycles. The van der Waals surface area contributed by atoms with Crippen LogP contribution in [0.4, 0.5) is 0 Å². The van der Waals surface area contributed by atoms with Crippen molar-refractivity contribution < 1.29 is 0 Å². The third-order valence-corrected chi connectivity index (χ3v) is 9.54. The molecule has 0 fully saturated rings. The van der Waals surface area contributed by atoms with Gasteiger partial charge >= 0.3 is 0 Å². The van der Waals surface area contributed by atoms with Gasteiger partial charge in [0.15, 0.2) is 0 Å². The Morgan fingerprint density at radius 1 is 0.286 bits per heavy atom. The minimum absolute atomic E-state index is 0.154. The summed E-state index contributed by atoms with van der Waals surface area (Å²) in [5.41, 5.74) is 9.65. The van der Waals surface area contributed by atoms with Gasteiger partial charge in [-0.2, -0.15) is 0 Å². The first-order valence-corrected chi connectivity index (χ1v) is 16.6. The standard InChI is InChI=1S/C46H31N3/c1-4-16-34-28-47-43(25-31(34)13-1)37-19-7-10-22-40(37)46(41-23-11-8-20-38(41)44-26-32-14-2-5-17-35(32)29-48-44)42-24-12-9-21-39(42)45-27-33-15-3-6-18-36(33)30-49-45/h1-30,46H. The summed E-state index contributed by atoms with van der Waals surface area (Å²) < 4.78 is 0. The number of rotatable bonds is 6. The van der Waals surface area contributed by atoms with Crippen molar-refractivity contribution in [3.63, 3.8) is 0 Å². The van der Waals surface area contributed by atoms with E-state index in [-0.39, 0.29) is 5.92 Å². The van der Waals surface area contributed by atoms with Crippen molar-refractivity contribution in [3.05, 3.63) is 199 Å². The molecule has 0 N–H and O–H groups in total. The summed E-state index contributed by atoms with van der Waals surface area (Å²) in [6.07, 6.45) is 5.95. The zero-order valence-corrected chi connectivity index (χ0v) is 26.7. The molecule has 3 aromatic heterocycles. The van der Waals surface area contributed by atoms with Gasteiger partial charge in [0, 0.05) is 57.4 Å². The van der Waals surface area contributed by atoms with Gasteiger partial charge in [-0.25, -0.2) is 0 Å². The maximum atomic E-state index is 5.01. The number of hydrogen-bond acceptors (Lipinski definition) is 3. The molecule has 3 nitrogen and oxygen atoms in total. The molecule has 0 atom stereocenters. The van der Waals surface area contributed by atoms with E-state index >= 15 is 0 Å². The second kappa shape index (κ2) is 12.3. The van der Waals surface area contributed by atoms with E-state index in [4.69, 9.17) is 15.0 Å². The van der Waals surface area contributed by atoms with Crippen LogP contribution in [0.3, 0.4) is 0 Å². The van der Waals surface area contributed by atoms with Crippen molar-refractivity contribution in [1.82, 2.24) is 15.0 Å². The number of hydrogen-bond donors (Lipinski definition) is 0. The van der Waals surface area contributed by atoms with E-state index in [1.807, 2.05) is 18.6 Å². The molecule has 0 aliphatic heterocycles. The fourth-order valence-electron chi connectivity index (χ4n) is 7.14. The van der Waals surface area contributed by atoms with E-state index in [1.165, 1.54) is 32.8 Å². The Morgan fingerprint density at radius 2 is 0.551 bits per heavy atom. The van der Waals surface area contributed by atoms with E-state index in [0.717, 1.165) is 49.9 Å². The minimum atomic E-state index is -0.154. The first kappa shape index (κ1) is 28.7. The van der Waals surface area contributed by atoms with Crippen LogP contribution in [0.1, 0.15) is 22.6 Å². The van der Waals surface area contributed by atoms with E-state index < -0.39 is 0 Å². The lowest BCUT2D eigenvalue weighted by Gasteiger charge is -2.26. The number of nitrogens with zero attached hydrogens (tertiary/aromatic N) is 3. The van der Waals surface area contributed by atoms with Crippen molar-refractivity contribution >= 4 is 32.3 Å². The first-order valence-electron chi connectivity index (χ1n) is 16.6. The Bertz CT molecular complexity index is 2350. The average Bonchev–Trinajstić information content (AvgIpc) is 3.18. The van der Waals surface area contributed by atoms with Crippen molar-refractivity contribution in [3.8, 4) is 33.8 Å². The monoisotopic (exact) mass is 625 g/mol. The quantitative estimate of drug-likeness (QED) is 0.173. The predicted octanol–water partition coefficient (Wildman–Crippen LogP) is 11.5. The van der Waals surface area contributed by atoms with Crippen molar-refractivity contribution in [2.75, 3.05) is 0 Å². The van der Waals surface area contributed by atoms with Crippen LogP contribution in [0.2, 0.25) is 0 Å². The summed E-state index contributed by atoms with van der Waals surface area (Å²) in [5.74, 6) is -0.154. The van der Waals surface area contributed by atoms with Gasteiger partial charge in [0.1, 0.15) is 0 Å². The highest BCUT2D eigenvalue weighted by atomic mass is 14.7. The van der Waals surface area contributed by atoms with E-state index in [1.54, 1.807) is 0 Å². The number of fused-ring (bicyclic) bond motifs is 3. The van der Waals surface area contributed by atoms with Gasteiger partial charge in [0.05, 0.1) is 17.1 Å². The third kappa shape index (κ3) is 5.32. The molecule has 3 heterocycles. The minimum Gasteiger partial charge on any atom is -0.256 e. The predicted molar refractivity (Wildman–Crippen MR) is 202 cm³/mol. The normalized spacial score (nSPS) is 11.4. The topological polar surface area (TPSA) is 38.7 Å². The largest absolute Gasteiger partial charge is 0.256 e. The fraction of sp³-hybridized carbons (Fsp3) is 0.0217. The smallest absolute Gasteiger partial charge is 0.0711 e. The van der Waals surface area contributed by atoms with Gasteiger partial charge in [0.25, 0.3) is 0 Å². The molecule has 0 saturated heterocycles. The summed E-state index contributed by atoms with van der Waals surface area (Å²) in [5, 5.41) is 6.88. The highest BCUT2D eigenvalue weighted by molar-refractivity contribution is 5.89. The van der Waals surface area contributed by atoms with Gasteiger partial charge < -0.3 is 0 Å². The van der Waals surface area contributed by atoms with Crippen LogP contribution >= 0.6 is 0 Å². The first-order chi connectivity index (χ1) is 24.3. The molecule has 0 aliphatic rings. The Hall–Kier alpha value is -6.45. The average molecular weight is 626 g/mol. The van der Waals surface area contributed by atoms with Gasteiger partial charge in [0.2, 0.25) is 0 Å². The lowest BCUT2D eigenvalue weighted by atomic mass is 9.77. The lowest BCUT2D eigenvalue weighted by molar-refractivity contribution is 0.979. The molecule has 0 aliphatic carbocycles. The molecule has 9 aromatic rings. The maximum absolute atomic E-state index is 5.01. The molecular weight excluding hydrogens is 595 g/mol. The van der Waals surface area contributed by atoms with Crippen LogP contribution in [0.25, 0.3) is 66.1 Å². The zero-order chi connectivity index (χ0) is 32.6. The lowest BCUT2D eigenvalue weighted by Crippen LogP contribution is -2.09. The molecule has 230 valence electrons.